The number of imidazole rings is 1. The number of aromatic nitrogens is 2. The van der Waals surface area contributed by atoms with Crippen molar-refractivity contribution in [1.29, 1.82) is 0 Å². The molecule has 8 atom stereocenters. The summed E-state index contributed by atoms with van der Waals surface area (Å²) < 4.78 is 0. The number of carbonyl (C=O) groups excluding carboxylic acids is 7. The van der Waals surface area contributed by atoms with Gasteiger partial charge in [-0.25, -0.2) is 9.78 Å². The maximum absolute atomic E-state index is 13.4. The third-order valence-electron chi connectivity index (χ3n) is 8.26. The summed E-state index contributed by atoms with van der Waals surface area (Å²) in [5, 5.41) is 32.1. The molecule has 0 spiro atoms. The van der Waals surface area contributed by atoms with Crippen molar-refractivity contribution >= 4 is 59.1 Å². The molecule has 290 valence electrons. The van der Waals surface area contributed by atoms with E-state index in [0.717, 1.165) is 0 Å². The van der Waals surface area contributed by atoms with E-state index in [-0.39, 0.29) is 32.2 Å². The van der Waals surface area contributed by atoms with Crippen molar-refractivity contribution in [1.82, 2.24) is 41.5 Å². The first-order valence-corrected chi connectivity index (χ1v) is 18.1. The number of hydrogen-bond acceptors (Lipinski definition) is 12. The van der Waals surface area contributed by atoms with Crippen LogP contribution in [-0.2, 0) is 44.8 Å². The molecule has 0 saturated carbocycles. The zero-order valence-corrected chi connectivity index (χ0v) is 30.4. The number of aliphatic carboxylic acids is 1. The maximum atomic E-state index is 13.4. The monoisotopic (exact) mass is 754 g/mol. The van der Waals surface area contributed by atoms with E-state index < -0.39 is 95.7 Å². The molecule has 0 bridgehead atoms. The Balaban J connectivity index is 2.14. The number of aliphatic hydroxyl groups excluding tert-OH is 1. The molecule has 1 aromatic rings. The van der Waals surface area contributed by atoms with Gasteiger partial charge in [0.15, 0.2) is 0 Å². The van der Waals surface area contributed by atoms with Gasteiger partial charge in [-0.05, 0) is 58.5 Å². The number of thioether (sulfide) groups is 1. The number of nitrogens with zero attached hydrogens (tertiary/aromatic N) is 2. The number of nitrogens with two attached hydrogens (primary N) is 2. The Bertz CT molecular complexity index is 1430. The fourth-order valence-electron chi connectivity index (χ4n) is 5.27. The number of nitrogens with one attached hydrogen (secondary N) is 6. The smallest absolute Gasteiger partial charge is 0.326 e. The number of amides is 7. The van der Waals surface area contributed by atoms with Crippen LogP contribution >= 0.6 is 11.8 Å². The van der Waals surface area contributed by atoms with Crippen LogP contribution in [0.1, 0.15) is 58.6 Å². The van der Waals surface area contributed by atoms with Crippen molar-refractivity contribution in [2.24, 2.45) is 11.5 Å². The first-order chi connectivity index (χ1) is 24.5. The zero-order chi connectivity index (χ0) is 39.1. The number of hydrogen-bond donors (Lipinski definition) is 10. The molecular formula is C31H50N10O10S. The lowest BCUT2D eigenvalue weighted by atomic mass is 10.1. The third kappa shape index (κ3) is 13.4. The van der Waals surface area contributed by atoms with Crippen LogP contribution in [0.2, 0.25) is 0 Å². The van der Waals surface area contributed by atoms with Gasteiger partial charge in [-0.15, -0.1) is 0 Å². The van der Waals surface area contributed by atoms with Crippen molar-refractivity contribution in [3.8, 4) is 0 Å². The van der Waals surface area contributed by atoms with Gasteiger partial charge in [0.05, 0.1) is 18.5 Å². The van der Waals surface area contributed by atoms with E-state index in [2.05, 4.69) is 36.6 Å². The summed E-state index contributed by atoms with van der Waals surface area (Å²) in [4.78, 5) is 110. The summed E-state index contributed by atoms with van der Waals surface area (Å²) in [6, 6.07) is -8.71. The second kappa shape index (κ2) is 20.9. The predicted molar refractivity (Wildman–Crippen MR) is 187 cm³/mol. The van der Waals surface area contributed by atoms with E-state index in [1.807, 2.05) is 6.26 Å². The van der Waals surface area contributed by atoms with Gasteiger partial charge in [0.2, 0.25) is 41.4 Å². The lowest BCUT2D eigenvalue weighted by Gasteiger charge is -2.28. The molecule has 20 nitrogen and oxygen atoms in total. The molecule has 21 heteroatoms. The molecule has 52 heavy (non-hydrogen) atoms. The highest BCUT2D eigenvalue weighted by Gasteiger charge is 2.38. The molecule has 0 radical (unpaired) electrons. The Morgan fingerprint density at radius 2 is 1.56 bits per heavy atom. The maximum Gasteiger partial charge on any atom is 0.326 e. The van der Waals surface area contributed by atoms with Gasteiger partial charge in [-0.1, -0.05) is 0 Å². The van der Waals surface area contributed by atoms with Crippen LogP contribution in [0.5, 0.6) is 0 Å². The highest BCUT2D eigenvalue weighted by atomic mass is 32.2. The van der Waals surface area contributed by atoms with E-state index >= 15 is 0 Å². The molecule has 1 aliphatic rings. The van der Waals surface area contributed by atoms with Gasteiger partial charge >= 0.3 is 5.97 Å². The molecule has 0 aromatic carbocycles. The molecule has 1 aliphatic heterocycles. The molecule has 1 saturated heterocycles. The molecule has 1 fully saturated rings. The quantitative estimate of drug-likeness (QED) is 0.0577. The zero-order valence-electron chi connectivity index (χ0n) is 29.5. The number of aromatic amines is 1. The van der Waals surface area contributed by atoms with E-state index in [4.69, 9.17) is 11.5 Å². The number of aliphatic hydroxyl groups is 1. The summed E-state index contributed by atoms with van der Waals surface area (Å²) in [6.07, 6.45) is 3.57. The number of rotatable bonds is 21. The number of H-pyrrole nitrogens is 1. The first kappa shape index (κ1) is 43.4. The summed E-state index contributed by atoms with van der Waals surface area (Å²) in [6.45, 7) is 4.08. The predicted octanol–water partition coefficient (Wildman–Crippen LogP) is -3.78. The Kier molecular flexibility index (Phi) is 17.5. The summed E-state index contributed by atoms with van der Waals surface area (Å²) in [5.41, 5.74) is 11.5. The molecular weight excluding hydrogens is 704 g/mol. The van der Waals surface area contributed by atoms with Crippen LogP contribution in [0.4, 0.5) is 0 Å². The van der Waals surface area contributed by atoms with Crippen molar-refractivity contribution in [3.63, 3.8) is 0 Å². The van der Waals surface area contributed by atoms with E-state index in [9.17, 15) is 48.6 Å². The Hall–Kier alpha value is -4.76. The lowest BCUT2D eigenvalue weighted by molar-refractivity contribution is -0.149. The summed E-state index contributed by atoms with van der Waals surface area (Å²) >= 11 is 1.48. The fourth-order valence-corrected chi connectivity index (χ4v) is 5.76. The SMILES string of the molecule is CSCC[C@H](N)C(=O)N[C@@H](CCC(N)=O)C(=O)N[C@@H](C)C(=O)N[C@H](C(=O)N[C@@H](Cc1cnc[nH]1)C(=O)N[C@@H](C)C(=O)N1CCC[C@H]1C(=O)O)[C@@H](C)O. The normalized spacial score (nSPS) is 18.0. The number of carboxylic acid groups (broad SMARTS) is 1. The van der Waals surface area contributed by atoms with Gasteiger partial charge in [-0.3, -0.25) is 33.6 Å². The number of primary amides is 1. The number of carbonyl (C=O) groups is 8. The molecule has 7 amide bonds. The minimum Gasteiger partial charge on any atom is -0.480 e. The van der Waals surface area contributed by atoms with Crippen LogP contribution in [0.3, 0.4) is 0 Å². The Labute approximate surface area is 304 Å². The van der Waals surface area contributed by atoms with Gasteiger partial charge in [-0.2, -0.15) is 11.8 Å². The average molecular weight is 755 g/mol. The molecule has 12 N–H and O–H groups in total. The van der Waals surface area contributed by atoms with Gasteiger partial charge < -0.3 is 58.1 Å². The second-order valence-corrected chi connectivity index (χ2v) is 13.5. The van der Waals surface area contributed by atoms with Crippen LogP contribution in [-0.4, -0.2) is 139 Å². The molecule has 2 rings (SSSR count). The topological polar surface area (TPSA) is 321 Å². The standard InChI is InChI=1S/C31H50N10O10S/c1-15(36-27(46)20(7-8-23(33)43)38-26(45)19(32)9-11-52-4)25(44)40-24(17(3)42)29(48)39-21(12-18-13-34-14-35-18)28(47)37-16(2)30(49)41-10-5-6-22(41)31(50)51/h13-17,19-22,24,42H,5-12,32H2,1-4H3,(H2,33,43)(H,34,35)(H,36,46)(H,37,47)(H,38,45)(H,39,48)(H,40,44)(H,50,51)/t15-,16-,17+,19-,20-,21-,22-,24-/m0/s1. The van der Waals surface area contributed by atoms with Gasteiger partial charge in [0.1, 0.15) is 36.3 Å². The average Bonchev–Trinajstić information content (AvgIpc) is 3.79. The van der Waals surface area contributed by atoms with Crippen LogP contribution < -0.4 is 38.1 Å². The van der Waals surface area contributed by atoms with Crippen molar-refractivity contribution in [2.45, 2.75) is 108 Å². The minimum absolute atomic E-state index is 0.147. The Morgan fingerprint density at radius 1 is 0.923 bits per heavy atom. The summed E-state index contributed by atoms with van der Waals surface area (Å²) in [7, 11) is 0. The second-order valence-electron chi connectivity index (χ2n) is 12.5. The number of likely N-dealkylation sites (tertiary alicyclic amines) is 1. The lowest BCUT2D eigenvalue weighted by Crippen LogP contribution is -2.61. The highest BCUT2D eigenvalue weighted by molar-refractivity contribution is 7.98. The van der Waals surface area contributed by atoms with Gasteiger partial charge in [0.25, 0.3) is 0 Å². The van der Waals surface area contributed by atoms with Crippen molar-refractivity contribution in [3.05, 3.63) is 18.2 Å². The molecule has 0 unspecified atom stereocenters. The molecule has 2 heterocycles. The Morgan fingerprint density at radius 3 is 2.13 bits per heavy atom. The van der Waals surface area contributed by atoms with Crippen LogP contribution in [0.25, 0.3) is 0 Å². The number of carboxylic acids is 1. The first-order valence-electron chi connectivity index (χ1n) is 16.7. The van der Waals surface area contributed by atoms with E-state index in [0.29, 0.717) is 24.3 Å². The van der Waals surface area contributed by atoms with E-state index in [1.54, 1.807) is 0 Å². The van der Waals surface area contributed by atoms with E-state index in [1.165, 1.54) is 50.0 Å². The highest BCUT2D eigenvalue weighted by Crippen LogP contribution is 2.18. The van der Waals surface area contributed by atoms with Crippen LogP contribution in [0, 0.1) is 0 Å². The largest absolute Gasteiger partial charge is 0.480 e. The van der Waals surface area contributed by atoms with Crippen LogP contribution in [0.15, 0.2) is 12.5 Å². The van der Waals surface area contributed by atoms with Gasteiger partial charge in [0, 0.05) is 31.3 Å². The summed E-state index contributed by atoms with van der Waals surface area (Å²) in [5.74, 6) is -6.13. The van der Waals surface area contributed by atoms with Crippen molar-refractivity contribution in [2.75, 3.05) is 18.6 Å². The minimum atomic E-state index is -1.64. The molecule has 0 aliphatic carbocycles. The third-order valence-corrected chi connectivity index (χ3v) is 8.90. The molecule has 1 aromatic heterocycles. The fraction of sp³-hybridized carbons (Fsp3) is 0.645. The van der Waals surface area contributed by atoms with Crippen molar-refractivity contribution < 1.29 is 48.6 Å².